The summed E-state index contributed by atoms with van der Waals surface area (Å²) in [5.41, 5.74) is 6.56. The van der Waals surface area contributed by atoms with Gasteiger partial charge in [-0.25, -0.2) is 14.4 Å². The summed E-state index contributed by atoms with van der Waals surface area (Å²) in [5.74, 6) is 2.34. The molecule has 0 aliphatic carbocycles. The number of hydrogen-bond donors (Lipinski definition) is 0. The van der Waals surface area contributed by atoms with Crippen molar-refractivity contribution in [1.29, 1.82) is 0 Å². The van der Waals surface area contributed by atoms with Gasteiger partial charge in [0.1, 0.15) is 5.82 Å². The number of rotatable bonds is 6. The number of para-hydroxylation sites is 2. The summed E-state index contributed by atoms with van der Waals surface area (Å²) in [6, 6.07) is 57.2. The molecule has 8 nitrogen and oxygen atoms in total. The van der Waals surface area contributed by atoms with Crippen LogP contribution in [0.25, 0.3) is 101 Å². The second-order valence-corrected chi connectivity index (χ2v) is 13.7. The van der Waals surface area contributed by atoms with E-state index >= 15 is 4.39 Å². The fourth-order valence-corrected chi connectivity index (χ4v) is 7.70. The molecule has 11 rings (SSSR count). The lowest BCUT2D eigenvalue weighted by molar-refractivity contribution is 0.629. The van der Waals surface area contributed by atoms with E-state index < -0.39 is 5.82 Å². The zero-order valence-electron chi connectivity index (χ0n) is 30.2. The molecule has 0 saturated heterocycles. The van der Waals surface area contributed by atoms with Crippen LogP contribution in [-0.2, 0) is 0 Å². The van der Waals surface area contributed by atoms with Crippen molar-refractivity contribution in [3.8, 4) is 57.4 Å². The molecule has 0 aliphatic heterocycles. The average molecular weight is 737 g/mol. The Morgan fingerprint density at radius 2 is 0.684 bits per heavy atom. The topological polar surface area (TPSA) is 87.2 Å². The van der Waals surface area contributed by atoms with E-state index in [9.17, 15) is 0 Å². The van der Waals surface area contributed by atoms with Crippen molar-refractivity contribution in [1.82, 2.24) is 39.0 Å². The van der Waals surface area contributed by atoms with Crippen LogP contribution in [0, 0.1) is 5.82 Å². The largest absolute Gasteiger partial charge is 0.278 e. The number of hydrogen-bond acceptors (Lipinski definition) is 6. The maximum Gasteiger partial charge on any atom is 0.238 e. The first kappa shape index (κ1) is 32.5. The molecule has 7 aromatic carbocycles. The van der Waals surface area contributed by atoms with Gasteiger partial charge in [-0.2, -0.15) is 19.9 Å². The molecule has 0 atom stereocenters. The van der Waals surface area contributed by atoms with Gasteiger partial charge in [-0.15, -0.1) is 0 Å². The molecule has 268 valence electrons. The van der Waals surface area contributed by atoms with Crippen LogP contribution in [0.15, 0.2) is 176 Å². The highest BCUT2D eigenvalue weighted by Gasteiger charge is 2.23. The minimum absolute atomic E-state index is 0.249. The molecule has 0 aliphatic rings. The number of aromatic nitrogens is 8. The lowest BCUT2D eigenvalue weighted by Crippen LogP contribution is -2.07. The fraction of sp³-hybridized carbons (Fsp3) is 0. The highest BCUT2D eigenvalue weighted by atomic mass is 19.1. The van der Waals surface area contributed by atoms with Crippen molar-refractivity contribution >= 4 is 43.6 Å². The van der Waals surface area contributed by atoms with E-state index in [0.29, 0.717) is 34.9 Å². The summed E-state index contributed by atoms with van der Waals surface area (Å²) in [6.07, 6.45) is 0. The van der Waals surface area contributed by atoms with E-state index in [1.165, 1.54) is 6.07 Å². The lowest BCUT2D eigenvalue weighted by atomic mass is 10.1. The van der Waals surface area contributed by atoms with Crippen LogP contribution < -0.4 is 0 Å². The molecule has 0 unspecified atom stereocenters. The van der Waals surface area contributed by atoms with E-state index in [-0.39, 0.29) is 5.82 Å². The first-order valence-electron chi connectivity index (χ1n) is 18.6. The van der Waals surface area contributed by atoms with E-state index in [2.05, 4.69) is 45.5 Å². The Labute approximate surface area is 325 Å². The molecule has 9 heteroatoms. The van der Waals surface area contributed by atoms with E-state index in [1.54, 1.807) is 18.2 Å². The summed E-state index contributed by atoms with van der Waals surface area (Å²) in [7, 11) is 0. The predicted octanol–water partition coefficient (Wildman–Crippen LogP) is 11.1. The third-order valence-electron chi connectivity index (χ3n) is 10.3. The van der Waals surface area contributed by atoms with Crippen LogP contribution in [-0.4, -0.2) is 39.0 Å². The van der Waals surface area contributed by atoms with Gasteiger partial charge in [-0.1, -0.05) is 140 Å². The summed E-state index contributed by atoms with van der Waals surface area (Å²) in [6.45, 7) is 0. The maximum absolute atomic E-state index is 15.4. The van der Waals surface area contributed by atoms with Gasteiger partial charge < -0.3 is 0 Å². The van der Waals surface area contributed by atoms with Crippen LogP contribution in [0.2, 0.25) is 0 Å². The Hall–Kier alpha value is -7.91. The Kier molecular flexibility index (Phi) is 7.49. The van der Waals surface area contributed by atoms with Crippen molar-refractivity contribution < 1.29 is 4.39 Å². The Morgan fingerprint density at radius 3 is 1.14 bits per heavy atom. The van der Waals surface area contributed by atoms with Gasteiger partial charge >= 0.3 is 0 Å². The zero-order chi connectivity index (χ0) is 37.9. The van der Waals surface area contributed by atoms with Crippen LogP contribution in [0.3, 0.4) is 0 Å². The number of nitrogens with zero attached hydrogens (tertiary/aromatic N) is 8. The summed E-state index contributed by atoms with van der Waals surface area (Å²) >= 11 is 0. The smallest absolute Gasteiger partial charge is 0.238 e. The second kappa shape index (κ2) is 13.1. The molecular weight excluding hydrogens is 708 g/mol. The molecule has 57 heavy (non-hydrogen) atoms. The van der Waals surface area contributed by atoms with Gasteiger partial charge in [0.05, 0.1) is 27.6 Å². The van der Waals surface area contributed by atoms with Gasteiger partial charge in [-0.05, 0) is 36.4 Å². The SMILES string of the molecule is Fc1ccccc1-c1nc(-c2ccccc2)nc(-n2c3ccccc3c3cc4c(cc32)c2ccccc2n4-c2nc(-c3ccccc3)nc(-c3ccccc3)n2)n1. The zero-order valence-corrected chi connectivity index (χ0v) is 30.2. The molecule has 11 aromatic rings. The number of benzene rings is 7. The van der Waals surface area contributed by atoms with Gasteiger partial charge in [0.25, 0.3) is 0 Å². The first-order valence-corrected chi connectivity index (χ1v) is 18.6. The van der Waals surface area contributed by atoms with Crippen LogP contribution in [0.5, 0.6) is 0 Å². The van der Waals surface area contributed by atoms with Gasteiger partial charge in [-0.3, -0.25) is 9.13 Å². The molecule has 0 spiro atoms. The second-order valence-electron chi connectivity index (χ2n) is 13.7. The van der Waals surface area contributed by atoms with Crippen LogP contribution in [0.1, 0.15) is 0 Å². The molecule has 0 N–H and O–H groups in total. The van der Waals surface area contributed by atoms with Crippen LogP contribution >= 0.6 is 0 Å². The van der Waals surface area contributed by atoms with Crippen molar-refractivity contribution in [2.24, 2.45) is 0 Å². The molecule has 0 amide bonds. The molecule has 4 heterocycles. The van der Waals surface area contributed by atoms with Crippen LogP contribution in [0.4, 0.5) is 4.39 Å². The molecule has 0 fully saturated rings. The van der Waals surface area contributed by atoms with Gasteiger partial charge in [0.2, 0.25) is 11.9 Å². The van der Waals surface area contributed by atoms with E-state index in [1.807, 2.05) is 115 Å². The highest BCUT2D eigenvalue weighted by Crippen LogP contribution is 2.39. The number of fused-ring (bicyclic) bond motifs is 6. The monoisotopic (exact) mass is 736 g/mol. The maximum atomic E-state index is 15.4. The minimum atomic E-state index is -0.408. The van der Waals surface area contributed by atoms with E-state index in [0.717, 1.165) is 60.3 Å². The molecule has 0 radical (unpaired) electrons. The fourth-order valence-electron chi connectivity index (χ4n) is 7.70. The van der Waals surface area contributed by atoms with Crippen molar-refractivity contribution in [2.75, 3.05) is 0 Å². The van der Waals surface area contributed by atoms with E-state index in [4.69, 9.17) is 29.9 Å². The molecule has 0 bridgehead atoms. The Bertz CT molecular complexity index is 3250. The van der Waals surface area contributed by atoms with Gasteiger partial charge in [0, 0.05) is 38.2 Å². The minimum Gasteiger partial charge on any atom is -0.278 e. The predicted molar refractivity (Wildman–Crippen MR) is 224 cm³/mol. The summed E-state index contributed by atoms with van der Waals surface area (Å²) in [4.78, 5) is 30.0. The van der Waals surface area contributed by atoms with Crippen molar-refractivity contribution in [3.63, 3.8) is 0 Å². The van der Waals surface area contributed by atoms with Gasteiger partial charge in [0.15, 0.2) is 23.3 Å². The standard InChI is InChI=1S/C48H29FN8/c49-38-25-13-10-24-35(38)46-51-45(32-20-8-3-9-21-32)54-48(55-46)57-40-27-15-12-23-34(40)37-28-41-36(29-42(37)57)33-22-11-14-26-39(33)56(41)47-52-43(30-16-4-1-5-17-30)50-44(53-47)31-18-6-2-7-19-31/h1-29H. The summed E-state index contributed by atoms with van der Waals surface area (Å²) in [5, 5.41) is 4.02. The lowest BCUT2D eigenvalue weighted by Gasteiger charge is -2.12. The van der Waals surface area contributed by atoms with Crippen molar-refractivity contribution in [2.45, 2.75) is 0 Å². The number of halogens is 1. The third kappa shape index (κ3) is 5.44. The summed E-state index contributed by atoms with van der Waals surface area (Å²) < 4.78 is 19.6. The Balaban J connectivity index is 1.21. The average Bonchev–Trinajstić information content (AvgIpc) is 3.78. The molecule has 4 aromatic heterocycles. The quantitative estimate of drug-likeness (QED) is 0.169. The third-order valence-corrected chi connectivity index (χ3v) is 10.3. The Morgan fingerprint density at radius 1 is 0.316 bits per heavy atom. The highest BCUT2D eigenvalue weighted by molar-refractivity contribution is 6.18. The van der Waals surface area contributed by atoms with Crippen molar-refractivity contribution in [3.05, 3.63) is 182 Å². The molecular formula is C48H29FN8. The normalized spacial score (nSPS) is 11.6. The first-order chi connectivity index (χ1) is 28.2. The molecule has 0 saturated carbocycles.